The van der Waals surface area contributed by atoms with Gasteiger partial charge in [0, 0.05) is 17.5 Å². The van der Waals surface area contributed by atoms with Crippen molar-refractivity contribution < 1.29 is 9.18 Å². The summed E-state index contributed by atoms with van der Waals surface area (Å²) in [5.74, 6) is 0.0673. The number of carbonyl (C=O) groups excluding carboxylic acids is 1. The summed E-state index contributed by atoms with van der Waals surface area (Å²) < 4.78 is 13.4. The highest BCUT2D eigenvalue weighted by Gasteiger charge is 2.15. The number of nitrogens with one attached hydrogen (secondary N) is 3. The summed E-state index contributed by atoms with van der Waals surface area (Å²) in [5.41, 5.74) is 3.20. The van der Waals surface area contributed by atoms with Gasteiger partial charge in [0.05, 0.1) is 16.6 Å². The maximum atomic E-state index is 13.4. The first-order valence-electron chi connectivity index (χ1n) is 9.08. The molecular weight excluding hydrogens is 359 g/mol. The van der Waals surface area contributed by atoms with Crippen LogP contribution in [0.25, 0.3) is 33.5 Å². The fourth-order valence-electron chi connectivity index (χ4n) is 3.13. The van der Waals surface area contributed by atoms with Crippen molar-refractivity contribution >= 4 is 27.8 Å². The van der Waals surface area contributed by atoms with E-state index < -0.39 is 0 Å². The van der Waals surface area contributed by atoms with Gasteiger partial charge in [-0.05, 0) is 63.5 Å². The second-order valence-electron chi connectivity index (χ2n) is 6.99. The molecular formula is C20H21FN6O. The van der Waals surface area contributed by atoms with Crippen LogP contribution in [0.5, 0.6) is 0 Å². The fourth-order valence-corrected chi connectivity index (χ4v) is 3.13. The molecule has 0 aliphatic heterocycles. The van der Waals surface area contributed by atoms with Gasteiger partial charge < -0.3 is 15.2 Å². The predicted molar refractivity (Wildman–Crippen MR) is 107 cm³/mol. The molecule has 3 N–H and O–H groups in total. The molecule has 0 aliphatic rings. The molecule has 0 radical (unpaired) electrons. The molecule has 144 valence electrons. The Morgan fingerprint density at radius 2 is 2.04 bits per heavy atom. The van der Waals surface area contributed by atoms with E-state index in [1.54, 1.807) is 18.2 Å². The van der Waals surface area contributed by atoms with Crippen LogP contribution in [0, 0.1) is 5.82 Å². The molecule has 2 aromatic heterocycles. The highest BCUT2D eigenvalue weighted by atomic mass is 19.1. The van der Waals surface area contributed by atoms with E-state index in [4.69, 9.17) is 0 Å². The van der Waals surface area contributed by atoms with Crippen molar-refractivity contribution in [3.63, 3.8) is 0 Å². The highest BCUT2D eigenvalue weighted by Crippen LogP contribution is 2.27. The Hall–Kier alpha value is -3.26. The van der Waals surface area contributed by atoms with Crippen LogP contribution >= 0.6 is 0 Å². The molecule has 0 atom stereocenters. The van der Waals surface area contributed by atoms with E-state index in [0.717, 1.165) is 23.9 Å². The Morgan fingerprint density at radius 1 is 1.18 bits per heavy atom. The third-order valence-electron chi connectivity index (χ3n) is 4.56. The SMILES string of the molecule is CN(C)CCCNC(=O)c1ccc2[nH]nc(-c3nc4ccc(F)cc4[nH]3)c2c1. The van der Waals surface area contributed by atoms with Crippen LogP contribution < -0.4 is 5.32 Å². The second-order valence-corrected chi connectivity index (χ2v) is 6.99. The van der Waals surface area contributed by atoms with E-state index in [1.165, 1.54) is 12.1 Å². The zero-order valence-corrected chi connectivity index (χ0v) is 15.7. The van der Waals surface area contributed by atoms with Gasteiger partial charge in [-0.25, -0.2) is 9.37 Å². The minimum absolute atomic E-state index is 0.125. The molecule has 8 heteroatoms. The number of aromatic amines is 2. The van der Waals surface area contributed by atoms with Gasteiger partial charge in [0.25, 0.3) is 5.91 Å². The number of halogens is 1. The minimum Gasteiger partial charge on any atom is -0.352 e. The average Bonchev–Trinajstić information content (AvgIpc) is 3.27. The van der Waals surface area contributed by atoms with Crippen molar-refractivity contribution in [2.45, 2.75) is 6.42 Å². The first kappa shape index (κ1) is 18.1. The first-order chi connectivity index (χ1) is 13.5. The zero-order valence-electron chi connectivity index (χ0n) is 15.7. The quantitative estimate of drug-likeness (QED) is 0.449. The summed E-state index contributed by atoms with van der Waals surface area (Å²) >= 11 is 0. The van der Waals surface area contributed by atoms with Crippen LogP contribution in [0.15, 0.2) is 36.4 Å². The van der Waals surface area contributed by atoms with Crippen LogP contribution in [-0.2, 0) is 0 Å². The number of benzene rings is 2. The highest BCUT2D eigenvalue weighted by molar-refractivity contribution is 6.01. The van der Waals surface area contributed by atoms with E-state index in [0.29, 0.717) is 34.7 Å². The Balaban J connectivity index is 1.61. The standard InChI is InChI=1S/C20H21FN6O/c1-27(2)9-3-8-22-20(28)12-4-6-15-14(10-12)18(26-25-15)19-23-16-7-5-13(21)11-17(16)24-19/h4-7,10-11H,3,8-9H2,1-2H3,(H,22,28)(H,23,24)(H,25,26). The molecule has 4 aromatic rings. The summed E-state index contributed by atoms with van der Waals surface area (Å²) in [5, 5.41) is 11.0. The first-order valence-corrected chi connectivity index (χ1v) is 9.08. The Labute approximate surface area is 161 Å². The third-order valence-corrected chi connectivity index (χ3v) is 4.56. The molecule has 0 fully saturated rings. The topological polar surface area (TPSA) is 89.7 Å². The number of imidazole rings is 1. The molecule has 0 bridgehead atoms. The molecule has 0 unspecified atom stereocenters. The Bertz CT molecular complexity index is 1150. The van der Waals surface area contributed by atoms with E-state index in [-0.39, 0.29) is 11.7 Å². The third kappa shape index (κ3) is 3.59. The van der Waals surface area contributed by atoms with E-state index in [1.807, 2.05) is 20.2 Å². The summed E-state index contributed by atoms with van der Waals surface area (Å²) in [4.78, 5) is 22.1. The Morgan fingerprint density at radius 3 is 2.86 bits per heavy atom. The molecule has 2 heterocycles. The maximum Gasteiger partial charge on any atom is 0.251 e. The van der Waals surface area contributed by atoms with Gasteiger partial charge in [0.15, 0.2) is 5.82 Å². The molecule has 28 heavy (non-hydrogen) atoms. The molecule has 4 rings (SSSR count). The summed E-state index contributed by atoms with van der Waals surface area (Å²) in [6.45, 7) is 1.53. The van der Waals surface area contributed by atoms with Crippen molar-refractivity contribution in [1.29, 1.82) is 0 Å². The van der Waals surface area contributed by atoms with Gasteiger partial charge in [0.2, 0.25) is 0 Å². The fraction of sp³-hybridized carbons (Fsp3) is 0.250. The van der Waals surface area contributed by atoms with Gasteiger partial charge in [-0.15, -0.1) is 0 Å². The molecule has 0 saturated carbocycles. The molecule has 0 aliphatic carbocycles. The summed E-state index contributed by atoms with van der Waals surface area (Å²) in [7, 11) is 4.01. The van der Waals surface area contributed by atoms with E-state index >= 15 is 0 Å². The van der Waals surface area contributed by atoms with Gasteiger partial charge in [-0.2, -0.15) is 5.10 Å². The van der Waals surface area contributed by atoms with Crippen LogP contribution in [0.4, 0.5) is 4.39 Å². The van der Waals surface area contributed by atoms with Gasteiger partial charge >= 0.3 is 0 Å². The number of hydrogen-bond donors (Lipinski definition) is 3. The van der Waals surface area contributed by atoms with Gasteiger partial charge in [-0.3, -0.25) is 9.89 Å². The van der Waals surface area contributed by atoms with Gasteiger partial charge in [0.1, 0.15) is 11.5 Å². The van der Waals surface area contributed by atoms with Crippen LogP contribution in [-0.4, -0.2) is 58.2 Å². The average molecular weight is 380 g/mol. The lowest BCUT2D eigenvalue weighted by molar-refractivity contribution is 0.0952. The van der Waals surface area contributed by atoms with Crippen molar-refractivity contribution in [1.82, 2.24) is 30.4 Å². The molecule has 1 amide bonds. The van der Waals surface area contributed by atoms with Crippen LogP contribution in [0.2, 0.25) is 0 Å². The maximum absolute atomic E-state index is 13.4. The lowest BCUT2D eigenvalue weighted by Crippen LogP contribution is -2.27. The predicted octanol–water partition coefficient (Wildman–Crippen LogP) is 2.93. The summed E-state index contributed by atoms with van der Waals surface area (Å²) in [6, 6.07) is 9.76. The Kier molecular flexibility index (Phi) is 4.79. The number of rotatable bonds is 6. The monoisotopic (exact) mass is 380 g/mol. The number of fused-ring (bicyclic) bond motifs is 2. The number of aromatic nitrogens is 4. The molecule has 0 spiro atoms. The number of nitrogens with zero attached hydrogens (tertiary/aromatic N) is 3. The molecule has 0 saturated heterocycles. The largest absolute Gasteiger partial charge is 0.352 e. The number of carbonyl (C=O) groups is 1. The smallest absolute Gasteiger partial charge is 0.251 e. The summed E-state index contributed by atoms with van der Waals surface area (Å²) in [6.07, 6.45) is 0.882. The zero-order chi connectivity index (χ0) is 19.7. The number of hydrogen-bond acceptors (Lipinski definition) is 4. The molecule has 7 nitrogen and oxygen atoms in total. The van der Waals surface area contributed by atoms with E-state index in [2.05, 4.69) is 30.4 Å². The second kappa shape index (κ2) is 7.40. The van der Waals surface area contributed by atoms with Crippen LogP contribution in [0.3, 0.4) is 0 Å². The minimum atomic E-state index is -0.331. The van der Waals surface area contributed by atoms with Crippen molar-refractivity contribution in [2.75, 3.05) is 27.2 Å². The van der Waals surface area contributed by atoms with Crippen LogP contribution in [0.1, 0.15) is 16.8 Å². The van der Waals surface area contributed by atoms with Crippen molar-refractivity contribution in [2.24, 2.45) is 0 Å². The normalized spacial score (nSPS) is 11.6. The van der Waals surface area contributed by atoms with Crippen molar-refractivity contribution in [3.8, 4) is 11.5 Å². The van der Waals surface area contributed by atoms with E-state index in [9.17, 15) is 9.18 Å². The molecule has 2 aromatic carbocycles. The van der Waals surface area contributed by atoms with Crippen molar-refractivity contribution in [3.05, 3.63) is 47.8 Å². The number of H-pyrrole nitrogens is 2. The number of amides is 1. The lowest BCUT2D eigenvalue weighted by atomic mass is 10.1. The van der Waals surface area contributed by atoms with Gasteiger partial charge in [-0.1, -0.05) is 0 Å². The lowest BCUT2D eigenvalue weighted by Gasteiger charge is -2.10.